The molecule has 2 heterocycles. The molecule has 0 aromatic heterocycles. The van der Waals surface area contributed by atoms with Crippen LogP contribution in [0.25, 0.3) is 0 Å². The van der Waals surface area contributed by atoms with Gasteiger partial charge in [-0.1, -0.05) is 12.1 Å². The minimum Gasteiger partial charge on any atom is -0.454 e. The molecule has 2 aliphatic rings. The van der Waals surface area contributed by atoms with Crippen molar-refractivity contribution in [2.45, 2.75) is 18.9 Å². The molecule has 1 atom stereocenters. The maximum atomic E-state index is 12.6. The average Bonchev–Trinajstić information content (AvgIpc) is 3.08. The summed E-state index contributed by atoms with van der Waals surface area (Å²) in [5, 5.41) is 17.2. The Morgan fingerprint density at radius 2 is 2.04 bits per heavy atom. The SMILES string of the molecule is CC1(c2ccccc2[N+](=O)[O-])Cc2cc3c(cc2C=NN1C(=O)CN)OCO3. The number of hydrogen-bond acceptors (Lipinski definition) is 7. The van der Waals surface area contributed by atoms with Crippen molar-refractivity contribution in [1.29, 1.82) is 0 Å². The minimum absolute atomic E-state index is 0.0841. The van der Waals surface area contributed by atoms with Crippen molar-refractivity contribution in [2.75, 3.05) is 13.3 Å². The van der Waals surface area contributed by atoms with Crippen LogP contribution in [0.4, 0.5) is 5.69 Å². The summed E-state index contributed by atoms with van der Waals surface area (Å²) in [6.45, 7) is 1.61. The van der Waals surface area contributed by atoms with Gasteiger partial charge in [-0.05, 0) is 30.7 Å². The molecular formula is C19H18N4O5. The molecule has 2 aromatic rings. The van der Waals surface area contributed by atoms with Crippen LogP contribution in [0.2, 0.25) is 0 Å². The van der Waals surface area contributed by atoms with E-state index in [9.17, 15) is 14.9 Å². The van der Waals surface area contributed by atoms with Gasteiger partial charge < -0.3 is 15.2 Å². The first-order valence-electron chi connectivity index (χ1n) is 8.67. The average molecular weight is 382 g/mol. The standard InChI is InChI=1S/C19H18N4O5/c1-19(14-4-2-3-5-15(14)23(25)26)8-12-6-16-17(28-11-27-16)7-13(12)10-21-22(19)18(24)9-20/h2-7,10H,8-9,11,20H2,1H3. The van der Waals surface area contributed by atoms with Gasteiger partial charge in [0.25, 0.3) is 11.6 Å². The first-order chi connectivity index (χ1) is 13.4. The Hall–Kier alpha value is -3.46. The normalized spacial score (nSPS) is 19.9. The smallest absolute Gasteiger partial charge is 0.275 e. The van der Waals surface area contributed by atoms with E-state index in [1.165, 1.54) is 11.1 Å². The summed E-state index contributed by atoms with van der Waals surface area (Å²) >= 11 is 0. The number of nitro groups is 1. The van der Waals surface area contributed by atoms with Crippen LogP contribution in [0.3, 0.4) is 0 Å². The fourth-order valence-corrected chi connectivity index (χ4v) is 3.69. The number of amides is 1. The molecule has 0 bridgehead atoms. The zero-order valence-electron chi connectivity index (χ0n) is 15.1. The van der Waals surface area contributed by atoms with Crippen LogP contribution in [0.5, 0.6) is 11.5 Å². The summed E-state index contributed by atoms with van der Waals surface area (Å²) in [7, 11) is 0. The number of ether oxygens (including phenoxy) is 2. The predicted molar refractivity (Wildman–Crippen MR) is 100 cm³/mol. The number of nitrogens with two attached hydrogens (primary N) is 1. The highest BCUT2D eigenvalue weighted by Crippen LogP contribution is 2.42. The molecule has 0 aliphatic carbocycles. The number of benzene rings is 2. The third kappa shape index (κ3) is 2.76. The third-order valence-electron chi connectivity index (χ3n) is 5.04. The number of nitro benzene ring substituents is 1. The topological polar surface area (TPSA) is 120 Å². The molecule has 2 N–H and O–H groups in total. The fraction of sp³-hybridized carbons (Fsp3) is 0.263. The molecule has 144 valence electrons. The molecule has 1 amide bonds. The van der Waals surface area contributed by atoms with E-state index < -0.39 is 16.4 Å². The molecule has 28 heavy (non-hydrogen) atoms. The van der Waals surface area contributed by atoms with Gasteiger partial charge >= 0.3 is 0 Å². The van der Waals surface area contributed by atoms with E-state index in [4.69, 9.17) is 15.2 Å². The van der Waals surface area contributed by atoms with E-state index in [-0.39, 0.29) is 25.4 Å². The van der Waals surface area contributed by atoms with Gasteiger partial charge in [0.1, 0.15) is 0 Å². The number of hydrazone groups is 1. The molecule has 0 fully saturated rings. The van der Waals surface area contributed by atoms with Gasteiger partial charge in [0.05, 0.1) is 28.8 Å². The second kappa shape index (κ2) is 6.61. The second-order valence-electron chi connectivity index (χ2n) is 6.78. The van der Waals surface area contributed by atoms with E-state index in [1.54, 1.807) is 37.4 Å². The van der Waals surface area contributed by atoms with Crippen LogP contribution in [0, 0.1) is 10.1 Å². The van der Waals surface area contributed by atoms with Crippen LogP contribution in [-0.2, 0) is 16.8 Å². The number of carbonyl (C=O) groups excluding carboxylic acids is 1. The van der Waals surface area contributed by atoms with Crippen molar-refractivity contribution in [3.63, 3.8) is 0 Å². The first kappa shape index (κ1) is 17.9. The van der Waals surface area contributed by atoms with E-state index >= 15 is 0 Å². The number of carbonyl (C=O) groups is 1. The summed E-state index contributed by atoms with van der Waals surface area (Å²) < 4.78 is 10.9. The summed E-state index contributed by atoms with van der Waals surface area (Å²) in [5.41, 5.74) is 6.36. The number of fused-ring (bicyclic) bond motifs is 2. The predicted octanol–water partition coefficient (Wildman–Crippen LogP) is 1.92. The van der Waals surface area contributed by atoms with E-state index in [1.807, 2.05) is 6.07 Å². The second-order valence-corrected chi connectivity index (χ2v) is 6.78. The summed E-state index contributed by atoms with van der Waals surface area (Å²) in [6.07, 6.45) is 1.83. The lowest BCUT2D eigenvalue weighted by Crippen LogP contribution is -2.48. The Morgan fingerprint density at radius 3 is 2.75 bits per heavy atom. The molecule has 0 radical (unpaired) electrons. The van der Waals surface area contributed by atoms with Gasteiger partial charge in [-0.2, -0.15) is 5.10 Å². The van der Waals surface area contributed by atoms with Gasteiger partial charge in [0.15, 0.2) is 11.5 Å². The van der Waals surface area contributed by atoms with Crippen molar-refractivity contribution in [3.05, 3.63) is 63.2 Å². The van der Waals surface area contributed by atoms with E-state index in [2.05, 4.69) is 5.10 Å². The zero-order valence-corrected chi connectivity index (χ0v) is 15.1. The van der Waals surface area contributed by atoms with Gasteiger partial charge in [-0.3, -0.25) is 14.9 Å². The van der Waals surface area contributed by atoms with Crippen LogP contribution in [-0.4, -0.2) is 35.4 Å². The van der Waals surface area contributed by atoms with Gasteiger partial charge in [-0.15, -0.1) is 0 Å². The highest BCUT2D eigenvalue weighted by atomic mass is 16.7. The number of para-hydroxylation sites is 1. The van der Waals surface area contributed by atoms with E-state index in [0.29, 0.717) is 17.1 Å². The Bertz CT molecular complexity index is 1010. The molecule has 0 spiro atoms. The lowest BCUT2D eigenvalue weighted by Gasteiger charge is -2.37. The molecule has 2 aliphatic heterocycles. The first-order valence-corrected chi connectivity index (χ1v) is 8.67. The van der Waals surface area contributed by atoms with Crippen molar-refractivity contribution in [1.82, 2.24) is 5.01 Å². The van der Waals surface area contributed by atoms with E-state index in [0.717, 1.165) is 11.1 Å². The summed E-state index contributed by atoms with van der Waals surface area (Å²) in [5.74, 6) is 0.747. The van der Waals surface area contributed by atoms with Crippen molar-refractivity contribution < 1.29 is 19.2 Å². The van der Waals surface area contributed by atoms with Gasteiger partial charge in [0.2, 0.25) is 6.79 Å². The number of rotatable bonds is 3. The third-order valence-corrected chi connectivity index (χ3v) is 5.04. The Kier molecular flexibility index (Phi) is 4.23. The van der Waals surface area contributed by atoms with Crippen LogP contribution in [0.15, 0.2) is 41.5 Å². The van der Waals surface area contributed by atoms with Crippen molar-refractivity contribution >= 4 is 17.8 Å². The lowest BCUT2D eigenvalue weighted by atomic mass is 9.82. The maximum Gasteiger partial charge on any atom is 0.275 e. The molecule has 9 nitrogen and oxygen atoms in total. The van der Waals surface area contributed by atoms with Crippen LogP contribution >= 0.6 is 0 Å². The largest absolute Gasteiger partial charge is 0.454 e. The van der Waals surface area contributed by atoms with Crippen LogP contribution in [0.1, 0.15) is 23.6 Å². The minimum atomic E-state index is -1.12. The molecule has 9 heteroatoms. The number of nitrogens with zero attached hydrogens (tertiary/aromatic N) is 3. The quantitative estimate of drug-likeness (QED) is 0.639. The molecule has 0 saturated carbocycles. The Morgan fingerprint density at radius 1 is 1.32 bits per heavy atom. The Labute approximate surface area is 160 Å². The monoisotopic (exact) mass is 382 g/mol. The van der Waals surface area contributed by atoms with Crippen molar-refractivity contribution in [3.8, 4) is 11.5 Å². The summed E-state index contributed by atoms with van der Waals surface area (Å²) in [4.78, 5) is 23.8. The highest BCUT2D eigenvalue weighted by molar-refractivity contribution is 5.87. The van der Waals surface area contributed by atoms with Gasteiger partial charge in [0, 0.05) is 18.1 Å². The Balaban J connectivity index is 1.91. The molecule has 2 aromatic carbocycles. The molecule has 1 unspecified atom stereocenters. The highest BCUT2D eigenvalue weighted by Gasteiger charge is 2.43. The molecule has 0 saturated heterocycles. The maximum absolute atomic E-state index is 12.6. The zero-order chi connectivity index (χ0) is 19.9. The molecule has 4 rings (SSSR count). The molecular weight excluding hydrogens is 364 g/mol. The number of hydrogen-bond donors (Lipinski definition) is 1. The fourth-order valence-electron chi connectivity index (χ4n) is 3.69. The summed E-state index contributed by atoms with van der Waals surface area (Å²) in [6, 6.07) is 9.97. The lowest BCUT2D eigenvalue weighted by molar-refractivity contribution is -0.386. The van der Waals surface area contributed by atoms with Crippen LogP contribution < -0.4 is 15.2 Å². The van der Waals surface area contributed by atoms with Crippen molar-refractivity contribution in [2.24, 2.45) is 10.8 Å². The van der Waals surface area contributed by atoms with Gasteiger partial charge in [-0.25, -0.2) is 5.01 Å².